The molecule has 0 spiro atoms. The Morgan fingerprint density at radius 1 is 1.08 bits per heavy atom. The maximum atomic E-state index is 12.8. The molecule has 1 aromatic carbocycles. The van der Waals surface area contributed by atoms with Crippen LogP contribution in [0.15, 0.2) is 30.3 Å². The molecule has 6 nitrogen and oxygen atoms in total. The molecule has 1 aromatic rings. The molecule has 1 aliphatic carbocycles. The first-order valence-corrected chi connectivity index (χ1v) is 9.24. The van der Waals surface area contributed by atoms with Crippen LogP contribution in [0, 0.1) is 11.8 Å². The van der Waals surface area contributed by atoms with E-state index in [1.807, 2.05) is 44.2 Å². The fourth-order valence-corrected chi connectivity index (χ4v) is 3.31. The highest BCUT2D eigenvalue weighted by Gasteiger charge is 2.29. The number of carboxylic acids is 1. The van der Waals surface area contributed by atoms with Gasteiger partial charge in [0, 0.05) is 12.5 Å². The molecule has 2 rings (SSSR count). The summed E-state index contributed by atoms with van der Waals surface area (Å²) in [6, 6.07) is 8.39. The van der Waals surface area contributed by atoms with E-state index in [4.69, 9.17) is 5.11 Å². The van der Waals surface area contributed by atoms with Gasteiger partial charge in [0.05, 0.1) is 5.92 Å². The molecule has 142 valence electrons. The average Bonchev–Trinajstić information content (AvgIpc) is 2.60. The number of carbonyl (C=O) groups excluding carboxylic acids is 2. The molecule has 26 heavy (non-hydrogen) atoms. The van der Waals surface area contributed by atoms with Crippen molar-refractivity contribution in [2.24, 2.45) is 11.8 Å². The van der Waals surface area contributed by atoms with Crippen molar-refractivity contribution in [1.29, 1.82) is 0 Å². The van der Waals surface area contributed by atoms with Gasteiger partial charge >= 0.3 is 5.97 Å². The average molecular weight is 360 g/mol. The quantitative estimate of drug-likeness (QED) is 0.696. The van der Waals surface area contributed by atoms with Crippen molar-refractivity contribution in [3.63, 3.8) is 0 Å². The molecule has 3 N–H and O–H groups in total. The van der Waals surface area contributed by atoms with Gasteiger partial charge in [-0.05, 0) is 37.2 Å². The van der Waals surface area contributed by atoms with Crippen molar-refractivity contribution >= 4 is 17.8 Å². The number of benzene rings is 1. The molecule has 0 bridgehead atoms. The van der Waals surface area contributed by atoms with Crippen molar-refractivity contribution in [3.05, 3.63) is 35.9 Å². The second-order valence-electron chi connectivity index (χ2n) is 7.40. The van der Waals surface area contributed by atoms with Crippen molar-refractivity contribution in [2.45, 2.75) is 58.0 Å². The summed E-state index contributed by atoms with van der Waals surface area (Å²) < 4.78 is 0. The number of carboxylic acid groups (broad SMARTS) is 1. The number of nitrogens with one attached hydrogen (secondary N) is 2. The molecule has 6 heteroatoms. The molecule has 1 unspecified atom stereocenters. The normalized spacial score (nSPS) is 21.0. The zero-order valence-electron chi connectivity index (χ0n) is 15.4. The largest absolute Gasteiger partial charge is 0.481 e. The minimum Gasteiger partial charge on any atom is -0.481 e. The van der Waals surface area contributed by atoms with Gasteiger partial charge in [0.2, 0.25) is 11.8 Å². The van der Waals surface area contributed by atoms with Gasteiger partial charge in [0.25, 0.3) is 0 Å². The zero-order chi connectivity index (χ0) is 19.1. The summed E-state index contributed by atoms with van der Waals surface area (Å²) in [4.78, 5) is 36.1. The van der Waals surface area contributed by atoms with Crippen molar-refractivity contribution in [3.8, 4) is 0 Å². The Hall–Kier alpha value is -2.37. The van der Waals surface area contributed by atoms with Crippen LogP contribution in [0.5, 0.6) is 0 Å². The third-order valence-corrected chi connectivity index (χ3v) is 4.72. The molecule has 1 fully saturated rings. The number of hydrogen-bond acceptors (Lipinski definition) is 3. The van der Waals surface area contributed by atoms with Crippen LogP contribution in [0.3, 0.4) is 0 Å². The summed E-state index contributed by atoms with van der Waals surface area (Å²) in [5.74, 6) is -1.27. The first-order valence-electron chi connectivity index (χ1n) is 9.24. The van der Waals surface area contributed by atoms with E-state index in [1.165, 1.54) is 0 Å². The standard InChI is InChI=1S/C20H28N2O4/c1-13(2)12-17(23)22-18(14-6-4-3-5-7-14)19(24)21-16-10-8-15(9-11-16)20(25)26/h3-7,13,15-16,18H,8-12H2,1-2H3,(H,21,24)(H,22,23)(H,25,26). The molecule has 2 amide bonds. The third kappa shape index (κ3) is 5.86. The minimum atomic E-state index is -0.766. The lowest BCUT2D eigenvalue weighted by atomic mass is 9.86. The lowest BCUT2D eigenvalue weighted by molar-refractivity contribution is -0.143. The van der Waals surface area contributed by atoms with E-state index in [1.54, 1.807) is 0 Å². The van der Waals surface area contributed by atoms with Crippen LogP contribution in [-0.4, -0.2) is 28.9 Å². The van der Waals surface area contributed by atoms with Crippen molar-refractivity contribution in [1.82, 2.24) is 10.6 Å². The van der Waals surface area contributed by atoms with E-state index in [0.717, 1.165) is 5.56 Å². The Morgan fingerprint density at radius 3 is 2.23 bits per heavy atom. The number of carbonyl (C=O) groups is 3. The lowest BCUT2D eigenvalue weighted by Crippen LogP contribution is -2.46. The monoisotopic (exact) mass is 360 g/mol. The Bertz CT molecular complexity index is 622. The fraction of sp³-hybridized carbons (Fsp3) is 0.550. The number of hydrogen-bond donors (Lipinski definition) is 3. The highest BCUT2D eigenvalue weighted by Crippen LogP contribution is 2.25. The van der Waals surface area contributed by atoms with E-state index in [0.29, 0.717) is 32.1 Å². The Morgan fingerprint density at radius 2 is 1.69 bits per heavy atom. The van der Waals surface area contributed by atoms with Gasteiger partial charge in [-0.1, -0.05) is 44.2 Å². The van der Waals surface area contributed by atoms with Gasteiger partial charge in [-0.25, -0.2) is 0 Å². The first-order chi connectivity index (χ1) is 12.4. The molecule has 0 radical (unpaired) electrons. The number of aliphatic carboxylic acids is 1. The maximum absolute atomic E-state index is 12.8. The summed E-state index contributed by atoms with van der Waals surface area (Å²) in [5, 5.41) is 14.9. The van der Waals surface area contributed by atoms with Crippen LogP contribution in [0.25, 0.3) is 0 Å². The van der Waals surface area contributed by atoms with Gasteiger partial charge in [-0.2, -0.15) is 0 Å². The Balaban J connectivity index is 2.01. The van der Waals surface area contributed by atoms with Gasteiger partial charge < -0.3 is 15.7 Å². The van der Waals surface area contributed by atoms with E-state index < -0.39 is 12.0 Å². The molecule has 1 aliphatic rings. The van der Waals surface area contributed by atoms with Gasteiger partial charge in [0.15, 0.2) is 0 Å². The molecule has 0 saturated heterocycles. The molecule has 0 aromatic heterocycles. The first kappa shape index (κ1) is 19.9. The van der Waals surface area contributed by atoms with Crippen molar-refractivity contribution < 1.29 is 19.5 Å². The molecule has 1 saturated carbocycles. The molecule has 0 heterocycles. The minimum absolute atomic E-state index is 0.0497. The molecule has 0 aliphatic heterocycles. The summed E-state index contributed by atoms with van der Waals surface area (Å²) >= 11 is 0. The van der Waals surface area contributed by atoms with Crippen LogP contribution in [0.1, 0.15) is 57.6 Å². The highest BCUT2D eigenvalue weighted by atomic mass is 16.4. The SMILES string of the molecule is CC(C)CC(=O)NC(C(=O)NC1CCC(C(=O)O)CC1)c1ccccc1. The van der Waals surface area contributed by atoms with Crippen LogP contribution >= 0.6 is 0 Å². The lowest BCUT2D eigenvalue weighted by Gasteiger charge is -2.29. The van der Waals surface area contributed by atoms with E-state index in [9.17, 15) is 14.4 Å². The summed E-state index contributed by atoms with van der Waals surface area (Å²) in [7, 11) is 0. The van der Waals surface area contributed by atoms with E-state index >= 15 is 0 Å². The smallest absolute Gasteiger partial charge is 0.306 e. The molecular formula is C20H28N2O4. The van der Waals surface area contributed by atoms with Crippen molar-refractivity contribution in [2.75, 3.05) is 0 Å². The predicted octanol–water partition coefficient (Wildman–Crippen LogP) is 2.65. The van der Waals surface area contributed by atoms with Gasteiger partial charge in [-0.3, -0.25) is 14.4 Å². The van der Waals surface area contributed by atoms with E-state index in [-0.39, 0.29) is 29.7 Å². The third-order valence-electron chi connectivity index (χ3n) is 4.72. The molecular weight excluding hydrogens is 332 g/mol. The topological polar surface area (TPSA) is 95.5 Å². The van der Waals surface area contributed by atoms with Gasteiger partial charge in [-0.15, -0.1) is 0 Å². The number of amides is 2. The Labute approximate surface area is 154 Å². The number of rotatable bonds is 7. The predicted molar refractivity (Wildman–Crippen MR) is 98.3 cm³/mol. The Kier molecular flexibility index (Phi) is 7.18. The maximum Gasteiger partial charge on any atom is 0.306 e. The summed E-state index contributed by atoms with van der Waals surface area (Å²) in [6.07, 6.45) is 2.78. The summed E-state index contributed by atoms with van der Waals surface area (Å²) in [6.45, 7) is 3.91. The fourth-order valence-electron chi connectivity index (χ4n) is 3.31. The summed E-state index contributed by atoms with van der Waals surface area (Å²) in [5.41, 5.74) is 0.737. The van der Waals surface area contributed by atoms with Crippen LogP contribution < -0.4 is 10.6 Å². The van der Waals surface area contributed by atoms with Crippen LogP contribution in [0.2, 0.25) is 0 Å². The van der Waals surface area contributed by atoms with E-state index in [2.05, 4.69) is 10.6 Å². The molecule has 1 atom stereocenters. The van der Waals surface area contributed by atoms with Crippen LogP contribution in [0.4, 0.5) is 0 Å². The second-order valence-corrected chi connectivity index (χ2v) is 7.40. The van der Waals surface area contributed by atoms with Gasteiger partial charge in [0.1, 0.15) is 6.04 Å². The van der Waals surface area contributed by atoms with Crippen LogP contribution in [-0.2, 0) is 14.4 Å². The highest BCUT2D eigenvalue weighted by molar-refractivity contribution is 5.88. The second kappa shape index (κ2) is 9.36. The zero-order valence-corrected chi connectivity index (χ0v) is 15.4.